The zero-order chi connectivity index (χ0) is 22.8. The average Bonchev–Trinajstić information content (AvgIpc) is 3.09. The third-order valence-corrected chi connectivity index (χ3v) is 6.84. The van der Waals surface area contributed by atoms with E-state index < -0.39 is 5.41 Å². The highest BCUT2D eigenvalue weighted by Gasteiger charge is 2.23. The summed E-state index contributed by atoms with van der Waals surface area (Å²) in [5, 5.41) is 6.65. The predicted octanol–water partition coefficient (Wildman–Crippen LogP) is 4.74. The number of hydrogen-bond acceptors (Lipinski definition) is 5. The number of benzene rings is 1. The molecule has 1 fully saturated rings. The van der Waals surface area contributed by atoms with Gasteiger partial charge >= 0.3 is 0 Å². The Labute approximate surface area is 189 Å². The van der Waals surface area contributed by atoms with Crippen LogP contribution in [0, 0.1) is 19.3 Å². The van der Waals surface area contributed by atoms with Crippen molar-refractivity contribution in [3.8, 4) is 0 Å². The molecule has 0 spiro atoms. The Kier molecular flexibility index (Phi) is 7.06. The van der Waals surface area contributed by atoms with Crippen molar-refractivity contribution in [3.63, 3.8) is 0 Å². The van der Waals surface area contributed by atoms with Crippen LogP contribution in [0.1, 0.15) is 48.5 Å². The topological polar surface area (TPSA) is 64.7 Å². The minimum atomic E-state index is -0.484. The minimum absolute atomic E-state index is 0.0630. The first-order valence-corrected chi connectivity index (χ1v) is 11.7. The molecule has 3 rings (SSSR count). The Morgan fingerprint density at radius 1 is 1.00 bits per heavy atom. The summed E-state index contributed by atoms with van der Waals surface area (Å²) in [6.07, 6.45) is 0. The highest BCUT2D eigenvalue weighted by Crippen LogP contribution is 2.30. The lowest BCUT2D eigenvalue weighted by molar-refractivity contribution is -0.123. The average molecular weight is 443 g/mol. The first-order chi connectivity index (χ1) is 14.6. The first-order valence-electron chi connectivity index (χ1n) is 10.9. The number of aryl methyl sites for hydroxylation is 2. The molecule has 1 aliphatic heterocycles. The number of hydrogen-bond donors (Lipinski definition) is 2. The molecule has 0 radical (unpaired) electrons. The molecule has 2 amide bonds. The summed E-state index contributed by atoms with van der Waals surface area (Å²) in [6.45, 7) is 17.0. The van der Waals surface area contributed by atoms with E-state index in [1.54, 1.807) is 0 Å². The van der Waals surface area contributed by atoms with Crippen LogP contribution in [0.2, 0.25) is 0 Å². The fourth-order valence-electron chi connectivity index (χ4n) is 3.55. The predicted molar refractivity (Wildman–Crippen MR) is 131 cm³/mol. The minimum Gasteiger partial charge on any atom is -0.369 e. The Hall–Kier alpha value is -2.38. The Morgan fingerprint density at radius 2 is 1.68 bits per heavy atom. The summed E-state index contributed by atoms with van der Waals surface area (Å²) in [5.41, 5.74) is 3.43. The molecule has 2 heterocycles. The summed E-state index contributed by atoms with van der Waals surface area (Å²) in [5.74, 6) is -0.210. The number of anilines is 3. The molecule has 7 heteroatoms. The number of amides is 2. The van der Waals surface area contributed by atoms with Gasteiger partial charge in [0.25, 0.3) is 5.91 Å². The molecule has 0 bridgehead atoms. The lowest BCUT2D eigenvalue weighted by atomic mass is 9.96. The lowest BCUT2D eigenvalue weighted by Gasteiger charge is -2.35. The van der Waals surface area contributed by atoms with E-state index in [0.717, 1.165) is 49.5 Å². The zero-order valence-corrected chi connectivity index (χ0v) is 20.3. The second-order valence-corrected chi connectivity index (χ2v) is 10.3. The van der Waals surface area contributed by atoms with Crippen LogP contribution in [0.15, 0.2) is 24.3 Å². The largest absolute Gasteiger partial charge is 0.369 e. The van der Waals surface area contributed by atoms with Crippen LogP contribution in [0.25, 0.3) is 0 Å². The van der Waals surface area contributed by atoms with Gasteiger partial charge in [0.1, 0.15) is 0 Å². The summed E-state index contributed by atoms with van der Waals surface area (Å²) in [7, 11) is 0. The van der Waals surface area contributed by atoms with E-state index >= 15 is 0 Å². The van der Waals surface area contributed by atoms with Gasteiger partial charge < -0.3 is 20.4 Å². The van der Waals surface area contributed by atoms with E-state index in [9.17, 15) is 9.59 Å². The van der Waals surface area contributed by atoms with Crippen molar-refractivity contribution in [3.05, 3.63) is 40.3 Å². The molecule has 0 saturated carbocycles. The monoisotopic (exact) mass is 442 g/mol. The SMILES string of the molecule is CCN1CCN(c2ccc(NC(=O)c3sc(NC(=O)C(C)(C)C)cc3C)c(C)c2)CC1. The van der Waals surface area contributed by atoms with Gasteiger partial charge in [0, 0.05) is 43.0 Å². The van der Waals surface area contributed by atoms with Crippen molar-refractivity contribution < 1.29 is 9.59 Å². The smallest absolute Gasteiger partial charge is 0.266 e. The van der Waals surface area contributed by atoms with Crippen molar-refractivity contribution in [1.29, 1.82) is 0 Å². The third-order valence-electron chi connectivity index (χ3n) is 5.68. The van der Waals surface area contributed by atoms with Crippen LogP contribution < -0.4 is 15.5 Å². The highest BCUT2D eigenvalue weighted by molar-refractivity contribution is 7.18. The highest BCUT2D eigenvalue weighted by atomic mass is 32.1. The fraction of sp³-hybridized carbons (Fsp3) is 0.500. The van der Waals surface area contributed by atoms with E-state index in [0.29, 0.717) is 9.88 Å². The number of carbonyl (C=O) groups excluding carboxylic acids is 2. The molecule has 1 aromatic carbocycles. The molecule has 1 aliphatic rings. The van der Waals surface area contributed by atoms with Crippen molar-refractivity contribution in [2.45, 2.75) is 41.5 Å². The number of thiophene rings is 1. The number of carbonyl (C=O) groups is 2. The maximum atomic E-state index is 12.9. The molecule has 0 atom stereocenters. The third kappa shape index (κ3) is 5.66. The first kappa shape index (κ1) is 23.3. The fourth-order valence-corrected chi connectivity index (χ4v) is 4.52. The molecular weight excluding hydrogens is 408 g/mol. The van der Waals surface area contributed by atoms with Crippen LogP contribution in [0.3, 0.4) is 0 Å². The van der Waals surface area contributed by atoms with Gasteiger partial charge in [-0.05, 0) is 55.8 Å². The van der Waals surface area contributed by atoms with Gasteiger partial charge in [-0.25, -0.2) is 0 Å². The van der Waals surface area contributed by atoms with Crippen molar-refractivity contribution >= 4 is 39.5 Å². The summed E-state index contributed by atoms with van der Waals surface area (Å²) in [4.78, 5) is 30.6. The number of nitrogens with zero attached hydrogens (tertiary/aromatic N) is 2. The van der Waals surface area contributed by atoms with Crippen LogP contribution in [-0.2, 0) is 4.79 Å². The number of nitrogens with one attached hydrogen (secondary N) is 2. The van der Waals surface area contributed by atoms with Gasteiger partial charge in [-0.2, -0.15) is 0 Å². The standard InChI is InChI=1S/C24H34N4O2S/c1-7-27-10-12-28(13-11-27)18-8-9-19(16(2)14-18)25-22(29)21-17(3)15-20(31-21)26-23(30)24(4,5)6/h8-9,14-15H,7,10-13H2,1-6H3,(H,25,29)(H,26,30). The van der Waals surface area contributed by atoms with Gasteiger partial charge in [-0.1, -0.05) is 27.7 Å². The van der Waals surface area contributed by atoms with Crippen LogP contribution in [-0.4, -0.2) is 49.4 Å². The zero-order valence-electron chi connectivity index (χ0n) is 19.5. The van der Waals surface area contributed by atoms with Gasteiger partial charge in [0.2, 0.25) is 5.91 Å². The van der Waals surface area contributed by atoms with Gasteiger partial charge in [-0.15, -0.1) is 11.3 Å². The molecule has 1 aromatic heterocycles. The van der Waals surface area contributed by atoms with Crippen LogP contribution in [0.5, 0.6) is 0 Å². The molecule has 1 saturated heterocycles. The Balaban J connectivity index is 1.67. The Bertz CT molecular complexity index is 953. The Morgan fingerprint density at radius 3 is 2.26 bits per heavy atom. The van der Waals surface area contributed by atoms with E-state index in [1.807, 2.05) is 46.8 Å². The van der Waals surface area contributed by atoms with E-state index in [4.69, 9.17) is 0 Å². The summed E-state index contributed by atoms with van der Waals surface area (Å²) < 4.78 is 0. The van der Waals surface area contributed by atoms with E-state index in [1.165, 1.54) is 17.0 Å². The molecule has 2 aromatic rings. The van der Waals surface area contributed by atoms with Gasteiger partial charge in [-0.3, -0.25) is 9.59 Å². The molecular formula is C24H34N4O2S. The lowest BCUT2D eigenvalue weighted by Crippen LogP contribution is -2.46. The number of piperazine rings is 1. The van der Waals surface area contributed by atoms with E-state index in [2.05, 4.69) is 39.5 Å². The molecule has 31 heavy (non-hydrogen) atoms. The second kappa shape index (κ2) is 9.40. The summed E-state index contributed by atoms with van der Waals surface area (Å²) >= 11 is 1.31. The van der Waals surface area contributed by atoms with E-state index in [-0.39, 0.29) is 11.8 Å². The quantitative estimate of drug-likeness (QED) is 0.702. The van der Waals surface area contributed by atoms with Gasteiger partial charge in [0.05, 0.1) is 9.88 Å². The maximum Gasteiger partial charge on any atom is 0.266 e. The summed E-state index contributed by atoms with van der Waals surface area (Å²) in [6, 6.07) is 8.07. The molecule has 0 aliphatic carbocycles. The van der Waals surface area contributed by atoms with Crippen LogP contribution >= 0.6 is 11.3 Å². The maximum absolute atomic E-state index is 12.9. The molecule has 2 N–H and O–H groups in total. The van der Waals surface area contributed by atoms with Crippen LogP contribution in [0.4, 0.5) is 16.4 Å². The van der Waals surface area contributed by atoms with Crippen molar-refractivity contribution in [2.24, 2.45) is 5.41 Å². The molecule has 168 valence electrons. The number of likely N-dealkylation sites (N-methyl/N-ethyl adjacent to an activating group) is 1. The van der Waals surface area contributed by atoms with Gasteiger partial charge in [0.15, 0.2) is 0 Å². The molecule has 6 nitrogen and oxygen atoms in total. The number of rotatable bonds is 5. The normalized spacial score (nSPS) is 15.1. The molecule has 0 unspecified atom stereocenters. The van der Waals surface area contributed by atoms with Crippen molar-refractivity contribution in [2.75, 3.05) is 48.3 Å². The van der Waals surface area contributed by atoms with Crippen molar-refractivity contribution in [1.82, 2.24) is 4.90 Å². The second-order valence-electron chi connectivity index (χ2n) is 9.20.